The average molecular weight is 365 g/mol. The predicted molar refractivity (Wildman–Crippen MR) is 86.9 cm³/mol. The van der Waals surface area contributed by atoms with Crippen molar-refractivity contribution in [2.75, 3.05) is 13.1 Å². The van der Waals surface area contributed by atoms with E-state index in [2.05, 4.69) is 15.4 Å². The summed E-state index contributed by atoms with van der Waals surface area (Å²) in [4.78, 5) is 1.39. The van der Waals surface area contributed by atoms with Gasteiger partial charge in [0.25, 0.3) is 10.0 Å². The summed E-state index contributed by atoms with van der Waals surface area (Å²) in [6.07, 6.45) is 1.78. The van der Waals surface area contributed by atoms with Crippen molar-refractivity contribution in [3.8, 4) is 11.4 Å². The van der Waals surface area contributed by atoms with Gasteiger partial charge < -0.3 is 4.42 Å². The van der Waals surface area contributed by atoms with Crippen LogP contribution in [0.15, 0.2) is 38.5 Å². The Balaban J connectivity index is 1.51. The van der Waals surface area contributed by atoms with E-state index in [0.29, 0.717) is 24.7 Å². The van der Waals surface area contributed by atoms with Crippen LogP contribution in [0.2, 0.25) is 0 Å². The van der Waals surface area contributed by atoms with Crippen LogP contribution in [0.3, 0.4) is 0 Å². The molecule has 0 bridgehead atoms. The van der Waals surface area contributed by atoms with E-state index >= 15 is 0 Å². The molecule has 1 fully saturated rings. The second-order valence-electron chi connectivity index (χ2n) is 5.49. The van der Waals surface area contributed by atoms with Gasteiger partial charge in [-0.2, -0.15) is 20.4 Å². The summed E-state index contributed by atoms with van der Waals surface area (Å²) < 4.78 is 31.9. The first-order chi connectivity index (χ1) is 11.6. The van der Waals surface area contributed by atoms with E-state index in [9.17, 15) is 8.42 Å². The lowest BCUT2D eigenvalue weighted by molar-refractivity contribution is 0.372. The second-order valence-corrected chi connectivity index (χ2v) is 8.14. The molecule has 4 heterocycles. The molecule has 24 heavy (non-hydrogen) atoms. The van der Waals surface area contributed by atoms with Gasteiger partial charge in [0, 0.05) is 24.0 Å². The summed E-state index contributed by atoms with van der Waals surface area (Å²) in [6.45, 7) is 1.33. The first-order valence-electron chi connectivity index (χ1n) is 7.52. The van der Waals surface area contributed by atoms with E-state index < -0.39 is 10.0 Å². The van der Waals surface area contributed by atoms with Crippen LogP contribution in [-0.2, 0) is 16.6 Å². The monoisotopic (exact) mass is 365 g/mol. The smallest absolute Gasteiger partial charge is 0.276 e. The van der Waals surface area contributed by atoms with Crippen molar-refractivity contribution in [3.63, 3.8) is 0 Å². The lowest BCUT2D eigenvalue weighted by atomic mass is 10.3. The Morgan fingerprint density at radius 3 is 2.79 bits per heavy atom. The van der Waals surface area contributed by atoms with Gasteiger partial charge in [0.05, 0.1) is 0 Å². The van der Waals surface area contributed by atoms with Crippen LogP contribution in [0.5, 0.6) is 0 Å². The van der Waals surface area contributed by atoms with Gasteiger partial charge in [-0.05, 0) is 41.6 Å². The molecule has 0 spiro atoms. The Morgan fingerprint density at radius 1 is 1.21 bits per heavy atom. The molecule has 0 N–H and O–H groups in total. The van der Waals surface area contributed by atoms with Crippen LogP contribution in [0.25, 0.3) is 11.4 Å². The summed E-state index contributed by atoms with van der Waals surface area (Å²) in [6, 6.07) is 5.04. The number of nitrogens with zero attached hydrogens (tertiary/aromatic N) is 5. The molecule has 4 rings (SSSR count). The number of rotatable bonds is 5. The molecule has 1 aliphatic heterocycles. The van der Waals surface area contributed by atoms with Crippen LogP contribution in [0.4, 0.5) is 0 Å². The molecular weight excluding hydrogens is 350 g/mol. The van der Waals surface area contributed by atoms with Crippen molar-refractivity contribution in [3.05, 3.63) is 34.7 Å². The highest BCUT2D eigenvalue weighted by atomic mass is 32.2. The Labute approximate surface area is 142 Å². The molecule has 3 aromatic heterocycles. The summed E-state index contributed by atoms with van der Waals surface area (Å²) in [5, 5.41) is 16.1. The fourth-order valence-corrected chi connectivity index (χ4v) is 4.67. The summed E-state index contributed by atoms with van der Waals surface area (Å²) in [5.41, 5.74) is 0.906. The van der Waals surface area contributed by atoms with Crippen LogP contribution in [-0.4, -0.2) is 46.0 Å². The topological polar surface area (TPSA) is 94.1 Å². The normalized spacial score (nSPS) is 16.0. The molecule has 126 valence electrons. The maximum Gasteiger partial charge on any atom is 0.276 e. The molecule has 8 nitrogen and oxygen atoms in total. The molecule has 0 radical (unpaired) electrons. The van der Waals surface area contributed by atoms with Crippen LogP contribution < -0.4 is 0 Å². The minimum absolute atomic E-state index is 0.0300. The van der Waals surface area contributed by atoms with Crippen molar-refractivity contribution in [1.82, 2.24) is 24.5 Å². The minimum Gasteiger partial charge on any atom is -0.446 e. The van der Waals surface area contributed by atoms with Gasteiger partial charge in [0.1, 0.15) is 12.3 Å². The number of tetrazole rings is 1. The van der Waals surface area contributed by atoms with Gasteiger partial charge in [0.2, 0.25) is 10.9 Å². The minimum atomic E-state index is -3.54. The predicted octanol–water partition coefficient (Wildman–Crippen LogP) is 1.83. The fourth-order valence-electron chi connectivity index (χ4n) is 2.59. The quantitative estimate of drug-likeness (QED) is 0.685. The van der Waals surface area contributed by atoms with E-state index in [0.717, 1.165) is 18.4 Å². The maximum atomic E-state index is 12.4. The zero-order valence-electron chi connectivity index (χ0n) is 12.7. The first kappa shape index (κ1) is 15.5. The number of thiophene rings is 1. The summed E-state index contributed by atoms with van der Waals surface area (Å²) in [7, 11) is -3.54. The summed E-state index contributed by atoms with van der Waals surface area (Å²) >= 11 is 1.56. The van der Waals surface area contributed by atoms with Gasteiger partial charge in [-0.15, -0.1) is 10.2 Å². The number of hydrogen-bond acceptors (Lipinski definition) is 7. The third-order valence-corrected chi connectivity index (χ3v) is 6.28. The number of sulfonamides is 1. The largest absolute Gasteiger partial charge is 0.446 e. The molecule has 0 aliphatic carbocycles. The molecule has 1 saturated heterocycles. The molecule has 0 atom stereocenters. The third kappa shape index (κ3) is 2.87. The van der Waals surface area contributed by atoms with Crippen LogP contribution >= 0.6 is 11.3 Å². The highest BCUT2D eigenvalue weighted by molar-refractivity contribution is 7.89. The molecule has 1 aliphatic rings. The number of furan rings is 1. The van der Waals surface area contributed by atoms with Gasteiger partial charge in [-0.3, -0.25) is 0 Å². The number of aromatic nitrogens is 4. The lowest BCUT2D eigenvalue weighted by Crippen LogP contribution is -2.27. The molecule has 0 aromatic carbocycles. The fraction of sp³-hybridized carbons (Fsp3) is 0.357. The van der Waals surface area contributed by atoms with Crippen molar-refractivity contribution in [1.29, 1.82) is 0 Å². The molecule has 0 amide bonds. The van der Waals surface area contributed by atoms with Crippen molar-refractivity contribution in [2.45, 2.75) is 24.5 Å². The van der Waals surface area contributed by atoms with E-state index in [4.69, 9.17) is 4.42 Å². The first-order valence-corrected chi connectivity index (χ1v) is 9.90. The lowest BCUT2D eigenvalue weighted by Gasteiger charge is -2.12. The molecular formula is C14H15N5O3S2. The average Bonchev–Trinajstić information content (AvgIpc) is 3.34. The zero-order valence-corrected chi connectivity index (χ0v) is 14.3. The maximum absolute atomic E-state index is 12.4. The Kier molecular flexibility index (Phi) is 3.94. The Morgan fingerprint density at radius 2 is 2.04 bits per heavy atom. The Hall–Kier alpha value is -2.04. The van der Waals surface area contributed by atoms with Crippen molar-refractivity contribution < 1.29 is 12.8 Å². The third-order valence-electron chi connectivity index (χ3n) is 3.83. The highest BCUT2D eigenvalue weighted by Crippen LogP contribution is 2.23. The van der Waals surface area contributed by atoms with Crippen LogP contribution in [0, 0.1) is 0 Å². The van der Waals surface area contributed by atoms with Gasteiger partial charge in [-0.1, -0.05) is 0 Å². The van der Waals surface area contributed by atoms with Gasteiger partial charge >= 0.3 is 0 Å². The van der Waals surface area contributed by atoms with Crippen molar-refractivity contribution in [2.24, 2.45) is 0 Å². The van der Waals surface area contributed by atoms with Crippen LogP contribution in [0.1, 0.15) is 18.6 Å². The SMILES string of the molecule is O=S(=O)(c1ccc(Cn2nnc(-c3ccsc3)n2)o1)N1CCCC1. The summed E-state index contributed by atoms with van der Waals surface area (Å²) in [5.74, 6) is 1.01. The van der Waals surface area contributed by atoms with E-state index in [1.54, 1.807) is 17.4 Å². The zero-order chi connectivity index (χ0) is 16.6. The van der Waals surface area contributed by atoms with Crippen molar-refractivity contribution >= 4 is 21.4 Å². The van der Waals surface area contributed by atoms with Gasteiger partial charge in [0.15, 0.2) is 0 Å². The molecule has 3 aromatic rings. The molecule has 0 saturated carbocycles. The van der Waals surface area contributed by atoms with E-state index in [1.165, 1.54) is 15.2 Å². The second kappa shape index (κ2) is 6.11. The standard InChI is InChI=1S/C14H15N5O3S2/c20-24(21,18-6-1-2-7-18)13-4-3-12(22-13)9-19-16-14(15-17-19)11-5-8-23-10-11/h3-5,8,10H,1-2,6-7,9H2. The van der Waals surface area contributed by atoms with E-state index in [1.807, 2.05) is 16.8 Å². The molecule has 10 heteroatoms. The van der Waals surface area contributed by atoms with E-state index in [-0.39, 0.29) is 11.6 Å². The Bertz CT molecular complexity index is 923. The highest BCUT2D eigenvalue weighted by Gasteiger charge is 2.30. The molecule has 0 unspecified atom stereocenters. The van der Waals surface area contributed by atoms with Gasteiger partial charge in [-0.25, -0.2) is 8.42 Å². The number of hydrogen-bond donors (Lipinski definition) is 0.